The lowest BCUT2D eigenvalue weighted by molar-refractivity contribution is 0.949. The van der Waals surface area contributed by atoms with Crippen LogP contribution in [-0.2, 0) is 6.42 Å². The molecule has 2 nitrogen and oxygen atoms in total. The highest BCUT2D eigenvalue weighted by Gasteiger charge is 2.15. The lowest BCUT2D eigenvalue weighted by Gasteiger charge is -2.18. The first-order valence-corrected chi connectivity index (χ1v) is 5.55. The smallest absolute Gasteiger partial charge is 0.0394 e. The number of rotatable bonds is 1. The molecule has 0 radical (unpaired) electrons. The average molecular weight is 261 g/mol. The van der Waals surface area contributed by atoms with Gasteiger partial charge < -0.3 is 10.2 Å². The summed E-state index contributed by atoms with van der Waals surface area (Å²) in [5.41, 5.74) is 4.23. The van der Waals surface area contributed by atoms with Gasteiger partial charge in [-0.2, -0.15) is 0 Å². The van der Waals surface area contributed by atoms with E-state index in [9.17, 15) is 0 Å². The molecular weight excluding hydrogens is 243 g/mol. The number of anilines is 2. The molecule has 0 saturated carbocycles. The second-order valence-corrected chi connectivity index (χ2v) is 4.21. The Morgan fingerprint density at radius 2 is 1.81 bits per heavy atom. The van der Waals surface area contributed by atoms with E-state index in [1.165, 1.54) is 49.3 Å². The van der Waals surface area contributed by atoms with Crippen molar-refractivity contribution in [1.29, 1.82) is 0 Å². The van der Waals surface area contributed by atoms with Crippen LogP contribution in [0.15, 0.2) is 18.2 Å². The Bertz CT molecular complexity index is 349. The maximum Gasteiger partial charge on any atom is 0.0394 e. The Morgan fingerprint density at radius 3 is 2.56 bits per heavy atom. The minimum atomic E-state index is 0. The van der Waals surface area contributed by atoms with Gasteiger partial charge in [0.25, 0.3) is 0 Å². The normalized spacial score (nSPS) is 17.1. The van der Waals surface area contributed by atoms with Crippen LogP contribution in [0.4, 0.5) is 11.4 Å². The largest absolute Gasteiger partial charge is 0.384 e. The van der Waals surface area contributed by atoms with Gasteiger partial charge in [0, 0.05) is 31.0 Å². The van der Waals surface area contributed by atoms with E-state index < -0.39 is 0 Å². The Hall–Kier alpha value is -0.600. The van der Waals surface area contributed by atoms with Gasteiger partial charge in [0.1, 0.15) is 0 Å². The molecular formula is C12H18Cl2N2. The highest BCUT2D eigenvalue weighted by atomic mass is 35.5. The molecule has 0 amide bonds. The Kier molecular flexibility index (Phi) is 4.75. The van der Waals surface area contributed by atoms with Crippen molar-refractivity contribution in [3.8, 4) is 0 Å². The summed E-state index contributed by atoms with van der Waals surface area (Å²) in [6.45, 7) is 3.58. The average Bonchev–Trinajstić information content (AvgIpc) is 2.88. The quantitative estimate of drug-likeness (QED) is 0.835. The standard InChI is InChI=1S/C12H16N2.2ClH/c1-2-8-14(7-1)11-4-3-10-5-6-13-12(10)9-11;;/h3-4,9,13H,1-2,5-8H2;2*1H. The molecule has 0 spiro atoms. The number of hydrogen-bond acceptors (Lipinski definition) is 2. The highest BCUT2D eigenvalue weighted by Crippen LogP contribution is 2.29. The van der Waals surface area contributed by atoms with E-state index >= 15 is 0 Å². The highest BCUT2D eigenvalue weighted by molar-refractivity contribution is 5.85. The van der Waals surface area contributed by atoms with Crippen molar-refractivity contribution < 1.29 is 0 Å². The van der Waals surface area contributed by atoms with Crippen LogP contribution in [0.5, 0.6) is 0 Å². The SMILES string of the molecule is Cl.Cl.c1cc2c(cc1N1CCCC1)NCC2. The summed E-state index contributed by atoms with van der Waals surface area (Å²) in [6.07, 6.45) is 3.89. The molecule has 16 heavy (non-hydrogen) atoms. The molecule has 0 bridgehead atoms. The van der Waals surface area contributed by atoms with Crippen molar-refractivity contribution >= 4 is 36.2 Å². The molecule has 1 saturated heterocycles. The minimum absolute atomic E-state index is 0. The Balaban J connectivity index is 0.000000640. The fourth-order valence-corrected chi connectivity index (χ4v) is 2.45. The van der Waals surface area contributed by atoms with Crippen LogP contribution in [-0.4, -0.2) is 19.6 Å². The van der Waals surface area contributed by atoms with E-state index in [2.05, 4.69) is 28.4 Å². The van der Waals surface area contributed by atoms with E-state index in [4.69, 9.17) is 0 Å². The monoisotopic (exact) mass is 260 g/mol. The number of benzene rings is 1. The third-order valence-electron chi connectivity index (χ3n) is 3.27. The zero-order valence-corrected chi connectivity index (χ0v) is 10.9. The van der Waals surface area contributed by atoms with Crippen LogP contribution in [0, 0.1) is 0 Å². The molecule has 2 aliphatic rings. The molecule has 0 atom stereocenters. The van der Waals surface area contributed by atoms with E-state index in [1.807, 2.05) is 0 Å². The van der Waals surface area contributed by atoms with Gasteiger partial charge in [0.2, 0.25) is 0 Å². The first-order chi connectivity index (χ1) is 6.93. The van der Waals surface area contributed by atoms with Gasteiger partial charge in [-0.25, -0.2) is 0 Å². The second kappa shape index (κ2) is 5.65. The molecule has 0 aromatic heterocycles. The molecule has 90 valence electrons. The van der Waals surface area contributed by atoms with Gasteiger partial charge in [-0.3, -0.25) is 0 Å². The summed E-state index contributed by atoms with van der Waals surface area (Å²) in [7, 11) is 0. The van der Waals surface area contributed by atoms with Crippen LogP contribution < -0.4 is 10.2 Å². The van der Waals surface area contributed by atoms with Crippen molar-refractivity contribution in [2.75, 3.05) is 29.9 Å². The molecule has 3 rings (SSSR count). The van der Waals surface area contributed by atoms with Crippen LogP contribution in [0.3, 0.4) is 0 Å². The Morgan fingerprint density at radius 1 is 1.06 bits per heavy atom. The van der Waals surface area contributed by atoms with Crippen molar-refractivity contribution in [1.82, 2.24) is 0 Å². The number of fused-ring (bicyclic) bond motifs is 1. The molecule has 0 unspecified atom stereocenters. The maximum atomic E-state index is 3.44. The van der Waals surface area contributed by atoms with Crippen LogP contribution >= 0.6 is 24.8 Å². The van der Waals surface area contributed by atoms with Gasteiger partial charge in [-0.1, -0.05) is 6.07 Å². The molecule has 1 N–H and O–H groups in total. The minimum Gasteiger partial charge on any atom is -0.384 e. The second-order valence-electron chi connectivity index (χ2n) is 4.21. The molecule has 0 aliphatic carbocycles. The summed E-state index contributed by atoms with van der Waals surface area (Å²) in [5.74, 6) is 0. The summed E-state index contributed by atoms with van der Waals surface area (Å²) in [6, 6.07) is 6.87. The molecule has 2 heterocycles. The number of halogens is 2. The zero-order chi connectivity index (χ0) is 9.38. The fraction of sp³-hybridized carbons (Fsp3) is 0.500. The van der Waals surface area contributed by atoms with Gasteiger partial charge in [-0.05, 0) is 37.0 Å². The lowest BCUT2D eigenvalue weighted by Crippen LogP contribution is -2.17. The van der Waals surface area contributed by atoms with E-state index in [-0.39, 0.29) is 24.8 Å². The van der Waals surface area contributed by atoms with E-state index in [0.717, 1.165) is 6.54 Å². The van der Waals surface area contributed by atoms with Crippen LogP contribution in [0.1, 0.15) is 18.4 Å². The number of nitrogens with one attached hydrogen (secondary N) is 1. The predicted molar refractivity (Wildman–Crippen MR) is 74.6 cm³/mol. The fourth-order valence-electron chi connectivity index (χ4n) is 2.45. The molecule has 1 aromatic rings. The summed E-state index contributed by atoms with van der Waals surface area (Å²) in [5, 5.41) is 3.44. The summed E-state index contributed by atoms with van der Waals surface area (Å²) in [4.78, 5) is 2.49. The van der Waals surface area contributed by atoms with Gasteiger partial charge >= 0.3 is 0 Å². The first kappa shape index (κ1) is 13.5. The van der Waals surface area contributed by atoms with Gasteiger partial charge in [0.15, 0.2) is 0 Å². The number of hydrogen-bond donors (Lipinski definition) is 1. The van der Waals surface area contributed by atoms with Gasteiger partial charge in [-0.15, -0.1) is 24.8 Å². The van der Waals surface area contributed by atoms with Gasteiger partial charge in [0.05, 0.1) is 0 Å². The summed E-state index contributed by atoms with van der Waals surface area (Å²) < 4.78 is 0. The van der Waals surface area contributed by atoms with Crippen molar-refractivity contribution in [3.63, 3.8) is 0 Å². The molecule has 2 aliphatic heterocycles. The predicted octanol–water partition coefficient (Wildman–Crippen LogP) is 3.10. The third-order valence-corrected chi connectivity index (χ3v) is 3.27. The topological polar surface area (TPSA) is 15.3 Å². The molecule has 1 aromatic carbocycles. The molecule has 1 fully saturated rings. The van der Waals surface area contributed by atoms with E-state index in [0.29, 0.717) is 0 Å². The molecule has 4 heteroatoms. The van der Waals surface area contributed by atoms with Crippen molar-refractivity contribution in [2.24, 2.45) is 0 Å². The van der Waals surface area contributed by atoms with E-state index in [1.54, 1.807) is 0 Å². The maximum absolute atomic E-state index is 3.44. The third kappa shape index (κ3) is 2.38. The first-order valence-electron chi connectivity index (χ1n) is 5.55. The lowest BCUT2D eigenvalue weighted by atomic mass is 10.1. The summed E-state index contributed by atoms with van der Waals surface area (Å²) >= 11 is 0. The van der Waals surface area contributed by atoms with Crippen LogP contribution in [0.25, 0.3) is 0 Å². The van der Waals surface area contributed by atoms with Crippen LogP contribution in [0.2, 0.25) is 0 Å². The number of nitrogens with zero attached hydrogens (tertiary/aromatic N) is 1. The van der Waals surface area contributed by atoms with Crippen molar-refractivity contribution in [2.45, 2.75) is 19.3 Å². The van der Waals surface area contributed by atoms with Crippen molar-refractivity contribution in [3.05, 3.63) is 23.8 Å². The Labute approximate surface area is 109 Å². The zero-order valence-electron chi connectivity index (χ0n) is 9.24.